The highest BCUT2D eigenvalue weighted by Crippen LogP contribution is 2.29. The summed E-state index contributed by atoms with van der Waals surface area (Å²) in [4.78, 5) is 6.25. The van der Waals surface area contributed by atoms with Crippen LogP contribution in [0.3, 0.4) is 0 Å². The predicted molar refractivity (Wildman–Crippen MR) is 84.0 cm³/mol. The number of benzene rings is 1. The second-order valence-corrected chi connectivity index (χ2v) is 5.19. The normalized spacial score (nSPS) is 12.4. The van der Waals surface area contributed by atoms with Crippen molar-refractivity contribution in [1.29, 1.82) is 0 Å². The minimum Gasteiger partial charge on any atom is -0.356 e. The zero-order valence-electron chi connectivity index (χ0n) is 13.4. The lowest BCUT2D eigenvalue weighted by Gasteiger charge is -2.21. The van der Waals surface area contributed by atoms with Crippen LogP contribution < -0.4 is 5.32 Å². The molecule has 3 nitrogen and oxygen atoms in total. The van der Waals surface area contributed by atoms with E-state index in [1.807, 2.05) is 7.05 Å². The van der Waals surface area contributed by atoms with Gasteiger partial charge in [-0.05, 0) is 30.5 Å². The molecule has 1 aromatic carbocycles. The number of hydrogen-bond acceptors (Lipinski definition) is 1. The molecular weight excluding hydrogens is 291 g/mol. The second-order valence-electron chi connectivity index (χ2n) is 5.19. The molecule has 0 saturated carbocycles. The Morgan fingerprint density at radius 2 is 1.86 bits per heavy atom. The molecule has 22 heavy (non-hydrogen) atoms. The molecule has 0 radical (unpaired) electrons. The van der Waals surface area contributed by atoms with Crippen LogP contribution in [0.15, 0.2) is 29.3 Å². The summed E-state index contributed by atoms with van der Waals surface area (Å²) in [5.74, 6) is 0.806. The van der Waals surface area contributed by atoms with Crippen molar-refractivity contribution in [2.75, 3.05) is 27.2 Å². The van der Waals surface area contributed by atoms with Crippen LogP contribution in [-0.2, 0) is 12.6 Å². The number of halogens is 3. The molecule has 1 aromatic rings. The number of nitrogens with one attached hydrogen (secondary N) is 1. The molecule has 0 aliphatic rings. The molecule has 1 N–H and O–H groups in total. The average Bonchev–Trinajstić information content (AvgIpc) is 2.48. The predicted octanol–water partition coefficient (Wildman–Crippen LogP) is 3.56. The molecule has 0 atom stereocenters. The van der Waals surface area contributed by atoms with Gasteiger partial charge in [0.25, 0.3) is 0 Å². The fourth-order valence-electron chi connectivity index (χ4n) is 2.06. The fraction of sp³-hybridized carbons (Fsp3) is 0.562. The standard InChI is InChI=1S/C16H24F3N3/c1-4-5-12-22(3)15(20-2)21-11-10-13-6-8-14(9-7-13)16(17,18)19/h6-9H,4-5,10-12H2,1-3H3,(H,20,21). The van der Waals surface area contributed by atoms with Crippen LogP contribution in [0.4, 0.5) is 13.2 Å². The van der Waals surface area contributed by atoms with Crippen LogP contribution in [0.25, 0.3) is 0 Å². The number of aliphatic imine (C=N–C) groups is 1. The van der Waals surface area contributed by atoms with Crippen molar-refractivity contribution in [2.24, 2.45) is 4.99 Å². The lowest BCUT2D eigenvalue weighted by Crippen LogP contribution is -2.40. The number of rotatable bonds is 6. The van der Waals surface area contributed by atoms with E-state index in [9.17, 15) is 13.2 Å². The third-order valence-corrected chi connectivity index (χ3v) is 3.40. The number of guanidine groups is 1. The summed E-state index contributed by atoms with van der Waals surface area (Å²) in [6.45, 7) is 3.69. The maximum atomic E-state index is 12.5. The van der Waals surface area contributed by atoms with Gasteiger partial charge in [-0.2, -0.15) is 13.2 Å². The quantitative estimate of drug-likeness (QED) is 0.642. The zero-order chi connectivity index (χ0) is 16.6. The van der Waals surface area contributed by atoms with E-state index in [4.69, 9.17) is 0 Å². The van der Waals surface area contributed by atoms with E-state index >= 15 is 0 Å². The monoisotopic (exact) mass is 315 g/mol. The summed E-state index contributed by atoms with van der Waals surface area (Å²) in [7, 11) is 3.70. The van der Waals surface area contributed by atoms with Gasteiger partial charge in [-0.25, -0.2) is 0 Å². The SMILES string of the molecule is CCCCN(C)C(=NC)NCCc1ccc(C(F)(F)F)cc1. The van der Waals surface area contributed by atoms with Gasteiger partial charge in [0.1, 0.15) is 0 Å². The molecule has 0 saturated heterocycles. The number of unbranched alkanes of at least 4 members (excludes halogenated alkanes) is 1. The zero-order valence-corrected chi connectivity index (χ0v) is 13.4. The summed E-state index contributed by atoms with van der Waals surface area (Å²) in [6, 6.07) is 5.29. The molecule has 0 aromatic heterocycles. The highest BCUT2D eigenvalue weighted by Gasteiger charge is 2.29. The van der Waals surface area contributed by atoms with Gasteiger partial charge in [0.15, 0.2) is 5.96 Å². The third kappa shape index (κ3) is 5.95. The van der Waals surface area contributed by atoms with Gasteiger partial charge in [-0.1, -0.05) is 25.5 Å². The maximum Gasteiger partial charge on any atom is 0.416 e. The molecule has 0 heterocycles. The minimum atomic E-state index is -4.28. The van der Waals surface area contributed by atoms with E-state index in [2.05, 4.69) is 22.1 Å². The molecule has 0 aliphatic heterocycles. The Kier molecular flexibility index (Phi) is 7.21. The summed E-state index contributed by atoms with van der Waals surface area (Å²) < 4.78 is 37.4. The van der Waals surface area contributed by atoms with Gasteiger partial charge in [-0.15, -0.1) is 0 Å². The molecule has 0 bridgehead atoms. The second kappa shape index (κ2) is 8.66. The molecule has 6 heteroatoms. The fourth-order valence-corrected chi connectivity index (χ4v) is 2.06. The van der Waals surface area contributed by atoms with Crippen molar-refractivity contribution in [3.8, 4) is 0 Å². The molecule has 1 rings (SSSR count). The Balaban J connectivity index is 2.46. The van der Waals surface area contributed by atoms with Gasteiger partial charge in [0.05, 0.1) is 5.56 Å². The van der Waals surface area contributed by atoms with Crippen LogP contribution in [0, 0.1) is 0 Å². The van der Waals surface area contributed by atoms with Crippen LogP contribution in [0.2, 0.25) is 0 Å². The minimum absolute atomic E-state index is 0.612. The number of alkyl halides is 3. The van der Waals surface area contributed by atoms with Crippen molar-refractivity contribution >= 4 is 5.96 Å². The molecule has 0 spiro atoms. The topological polar surface area (TPSA) is 27.6 Å². The van der Waals surface area contributed by atoms with E-state index < -0.39 is 11.7 Å². The molecule has 124 valence electrons. The largest absolute Gasteiger partial charge is 0.416 e. The first kappa shape index (κ1) is 18.3. The Labute approximate surface area is 130 Å². The van der Waals surface area contributed by atoms with Crippen molar-refractivity contribution in [3.63, 3.8) is 0 Å². The number of nitrogens with zero attached hydrogens (tertiary/aromatic N) is 2. The summed E-state index contributed by atoms with van der Waals surface area (Å²) in [5, 5.41) is 3.23. The van der Waals surface area contributed by atoms with E-state index in [0.29, 0.717) is 13.0 Å². The molecule has 0 fully saturated rings. The Hall–Kier alpha value is -1.72. The lowest BCUT2D eigenvalue weighted by atomic mass is 10.1. The van der Waals surface area contributed by atoms with Crippen LogP contribution >= 0.6 is 0 Å². The van der Waals surface area contributed by atoms with Gasteiger partial charge < -0.3 is 10.2 Å². The van der Waals surface area contributed by atoms with Gasteiger partial charge in [-0.3, -0.25) is 4.99 Å². The van der Waals surface area contributed by atoms with Crippen molar-refractivity contribution < 1.29 is 13.2 Å². The van der Waals surface area contributed by atoms with Gasteiger partial charge in [0, 0.05) is 27.2 Å². The Morgan fingerprint density at radius 3 is 2.36 bits per heavy atom. The van der Waals surface area contributed by atoms with Crippen molar-refractivity contribution in [2.45, 2.75) is 32.4 Å². The van der Waals surface area contributed by atoms with Crippen molar-refractivity contribution in [3.05, 3.63) is 35.4 Å². The molecular formula is C16H24F3N3. The summed E-state index contributed by atoms with van der Waals surface area (Å²) in [5.41, 5.74) is 0.256. The summed E-state index contributed by atoms with van der Waals surface area (Å²) in [6.07, 6.45) is -1.41. The van der Waals surface area contributed by atoms with E-state index in [1.54, 1.807) is 7.05 Å². The maximum absolute atomic E-state index is 12.5. The number of hydrogen-bond donors (Lipinski definition) is 1. The lowest BCUT2D eigenvalue weighted by molar-refractivity contribution is -0.137. The van der Waals surface area contributed by atoms with E-state index in [1.165, 1.54) is 12.1 Å². The van der Waals surface area contributed by atoms with E-state index in [-0.39, 0.29) is 0 Å². The summed E-state index contributed by atoms with van der Waals surface area (Å²) >= 11 is 0. The molecule has 0 aliphatic carbocycles. The first-order valence-electron chi connectivity index (χ1n) is 7.46. The average molecular weight is 315 g/mol. The first-order valence-corrected chi connectivity index (χ1v) is 7.46. The molecule has 0 unspecified atom stereocenters. The van der Waals surface area contributed by atoms with Crippen LogP contribution in [0.5, 0.6) is 0 Å². The van der Waals surface area contributed by atoms with Crippen LogP contribution in [-0.4, -0.2) is 38.0 Å². The van der Waals surface area contributed by atoms with Gasteiger partial charge >= 0.3 is 6.18 Å². The van der Waals surface area contributed by atoms with Gasteiger partial charge in [0.2, 0.25) is 0 Å². The van der Waals surface area contributed by atoms with Crippen molar-refractivity contribution in [1.82, 2.24) is 10.2 Å². The highest BCUT2D eigenvalue weighted by molar-refractivity contribution is 5.79. The highest BCUT2D eigenvalue weighted by atomic mass is 19.4. The third-order valence-electron chi connectivity index (χ3n) is 3.40. The first-order chi connectivity index (χ1) is 10.4. The van der Waals surface area contributed by atoms with E-state index in [0.717, 1.165) is 43.0 Å². The molecule has 0 amide bonds. The Morgan fingerprint density at radius 1 is 1.23 bits per heavy atom. The smallest absolute Gasteiger partial charge is 0.356 e. The Bertz CT molecular complexity index is 467. The van der Waals surface area contributed by atoms with Crippen LogP contribution in [0.1, 0.15) is 30.9 Å².